The van der Waals surface area contributed by atoms with Gasteiger partial charge in [-0.3, -0.25) is 9.48 Å². The van der Waals surface area contributed by atoms with Gasteiger partial charge in [-0.25, -0.2) is 0 Å². The molecule has 0 aliphatic rings. The minimum Gasteiger partial charge on any atom is -0.467 e. The SMILES string of the molecule is Cc1c(Br)cnn1CC(=O)NCc1ccco1. The highest BCUT2D eigenvalue weighted by molar-refractivity contribution is 9.10. The number of nitrogens with zero attached hydrogens (tertiary/aromatic N) is 2. The molecule has 0 aromatic carbocycles. The zero-order chi connectivity index (χ0) is 12.3. The Morgan fingerprint density at radius 3 is 3.06 bits per heavy atom. The van der Waals surface area contributed by atoms with E-state index in [4.69, 9.17) is 4.42 Å². The fraction of sp³-hybridized carbons (Fsp3) is 0.273. The molecule has 0 aliphatic carbocycles. The molecule has 1 amide bonds. The van der Waals surface area contributed by atoms with Crippen LogP contribution < -0.4 is 5.32 Å². The van der Waals surface area contributed by atoms with E-state index < -0.39 is 0 Å². The first-order chi connectivity index (χ1) is 8.16. The molecule has 2 rings (SSSR count). The maximum Gasteiger partial charge on any atom is 0.242 e. The first-order valence-corrected chi connectivity index (χ1v) is 5.93. The summed E-state index contributed by atoms with van der Waals surface area (Å²) in [4.78, 5) is 11.6. The normalized spacial score (nSPS) is 10.5. The van der Waals surface area contributed by atoms with Crippen LogP contribution in [-0.4, -0.2) is 15.7 Å². The maximum absolute atomic E-state index is 11.6. The zero-order valence-electron chi connectivity index (χ0n) is 9.31. The fourth-order valence-electron chi connectivity index (χ4n) is 1.37. The Bertz CT molecular complexity index is 505. The van der Waals surface area contributed by atoms with Gasteiger partial charge in [0.1, 0.15) is 12.3 Å². The second-order valence-corrected chi connectivity index (χ2v) is 4.45. The van der Waals surface area contributed by atoms with Crippen LogP contribution in [0.25, 0.3) is 0 Å². The van der Waals surface area contributed by atoms with E-state index >= 15 is 0 Å². The van der Waals surface area contributed by atoms with Gasteiger partial charge in [0.05, 0.1) is 29.2 Å². The Hall–Kier alpha value is -1.56. The summed E-state index contributed by atoms with van der Waals surface area (Å²) >= 11 is 3.35. The number of hydrogen-bond acceptors (Lipinski definition) is 3. The fourth-order valence-corrected chi connectivity index (χ4v) is 1.67. The summed E-state index contributed by atoms with van der Waals surface area (Å²) in [5.41, 5.74) is 0.929. The molecule has 0 unspecified atom stereocenters. The lowest BCUT2D eigenvalue weighted by Gasteiger charge is -2.05. The van der Waals surface area contributed by atoms with E-state index in [0.29, 0.717) is 6.54 Å². The summed E-state index contributed by atoms with van der Waals surface area (Å²) in [6.45, 7) is 2.50. The van der Waals surface area contributed by atoms with Crippen molar-refractivity contribution in [3.8, 4) is 0 Å². The van der Waals surface area contributed by atoms with E-state index in [-0.39, 0.29) is 12.5 Å². The van der Waals surface area contributed by atoms with Gasteiger partial charge in [0, 0.05) is 0 Å². The summed E-state index contributed by atoms with van der Waals surface area (Å²) in [6.07, 6.45) is 3.26. The van der Waals surface area contributed by atoms with Gasteiger partial charge >= 0.3 is 0 Å². The lowest BCUT2D eigenvalue weighted by molar-refractivity contribution is -0.122. The molecule has 0 saturated carbocycles. The average Bonchev–Trinajstić information content (AvgIpc) is 2.92. The number of rotatable bonds is 4. The molecule has 2 heterocycles. The summed E-state index contributed by atoms with van der Waals surface area (Å²) in [5, 5.41) is 6.85. The standard InChI is InChI=1S/C11H12BrN3O2/c1-8-10(12)6-14-15(8)7-11(16)13-5-9-3-2-4-17-9/h2-4,6H,5,7H2,1H3,(H,13,16). The molecule has 90 valence electrons. The van der Waals surface area contributed by atoms with Crippen LogP contribution in [0.4, 0.5) is 0 Å². The predicted octanol–water partition coefficient (Wildman–Crippen LogP) is 1.86. The third-order valence-corrected chi connectivity index (χ3v) is 3.16. The summed E-state index contributed by atoms with van der Waals surface area (Å²) in [5.74, 6) is 0.636. The van der Waals surface area contributed by atoms with Crippen LogP contribution in [0.3, 0.4) is 0 Å². The molecule has 2 aromatic heterocycles. The Labute approximate surface area is 107 Å². The first-order valence-electron chi connectivity index (χ1n) is 5.14. The number of carbonyl (C=O) groups is 1. The lowest BCUT2D eigenvalue weighted by Crippen LogP contribution is -2.27. The lowest BCUT2D eigenvalue weighted by atomic mass is 10.4. The second kappa shape index (κ2) is 5.18. The molecule has 6 heteroatoms. The smallest absolute Gasteiger partial charge is 0.242 e. The molecule has 0 bridgehead atoms. The molecule has 17 heavy (non-hydrogen) atoms. The highest BCUT2D eigenvalue weighted by Crippen LogP contribution is 2.13. The molecule has 0 saturated heterocycles. The van der Waals surface area contributed by atoms with E-state index in [2.05, 4.69) is 26.3 Å². The molecule has 0 spiro atoms. The van der Waals surface area contributed by atoms with Crippen LogP contribution in [0.5, 0.6) is 0 Å². The van der Waals surface area contributed by atoms with Gasteiger partial charge in [0.15, 0.2) is 0 Å². The summed E-state index contributed by atoms with van der Waals surface area (Å²) in [7, 11) is 0. The highest BCUT2D eigenvalue weighted by Gasteiger charge is 2.08. The van der Waals surface area contributed by atoms with Crippen molar-refractivity contribution in [3.63, 3.8) is 0 Å². The molecule has 0 atom stereocenters. The number of carbonyl (C=O) groups excluding carboxylic acids is 1. The van der Waals surface area contributed by atoms with Crippen molar-refractivity contribution in [1.82, 2.24) is 15.1 Å². The van der Waals surface area contributed by atoms with Crippen molar-refractivity contribution in [2.45, 2.75) is 20.0 Å². The monoisotopic (exact) mass is 297 g/mol. The predicted molar refractivity (Wildman–Crippen MR) is 65.2 cm³/mol. The van der Waals surface area contributed by atoms with Crippen molar-refractivity contribution in [3.05, 3.63) is 40.5 Å². The molecular weight excluding hydrogens is 286 g/mol. The summed E-state index contributed by atoms with van der Waals surface area (Å²) < 4.78 is 7.66. The number of amides is 1. The Balaban J connectivity index is 1.87. The van der Waals surface area contributed by atoms with Crippen LogP contribution in [-0.2, 0) is 17.9 Å². The minimum absolute atomic E-state index is 0.0971. The highest BCUT2D eigenvalue weighted by atomic mass is 79.9. The number of aromatic nitrogens is 2. The average molecular weight is 298 g/mol. The minimum atomic E-state index is -0.0971. The van der Waals surface area contributed by atoms with Gasteiger partial charge in [-0.05, 0) is 35.0 Å². The van der Waals surface area contributed by atoms with Gasteiger partial charge in [0.2, 0.25) is 5.91 Å². The van der Waals surface area contributed by atoms with Gasteiger partial charge in [0.25, 0.3) is 0 Å². The molecule has 5 nitrogen and oxygen atoms in total. The summed E-state index contributed by atoms with van der Waals surface area (Å²) in [6, 6.07) is 3.60. The Morgan fingerprint density at radius 1 is 1.65 bits per heavy atom. The van der Waals surface area contributed by atoms with Crippen molar-refractivity contribution < 1.29 is 9.21 Å². The molecule has 0 aliphatic heterocycles. The van der Waals surface area contributed by atoms with Crippen LogP contribution in [0.15, 0.2) is 33.5 Å². The van der Waals surface area contributed by atoms with Crippen molar-refractivity contribution in [1.29, 1.82) is 0 Å². The molecule has 0 radical (unpaired) electrons. The van der Waals surface area contributed by atoms with E-state index in [1.165, 1.54) is 0 Å². The molecular formula is C11H12BrN3O2. The molecule has 1 N–H and O–H groups in total. The second-order valence-electron chi connectivity index (χ2n) is 3.59. The molecule has 2 aromatic rings. The van der Waals surface area contributed by atoms with Crippen molar-refractivity contribution in [2.24, 2.45) is 0 Å². The third kappa shape index (κ3) is 2.97. The number of furan rings is 1. The van der Waals surface area contributed by atoms with E-state index in [1.807, 2.05) is 13.0 Å². The molecule has 0 fully saturated rings. The van der Waals surface area contributed by atoms with Crippen LogP contribution in [0.2, 0.25) is 0 Å². The van der Waals surface area contributed by atoms with Gasteiger partial charge in [-0.15, -0.1) is 0 Å². The zero-order valence-corrected chi connectivity index (χ0v) is 10.9. The van der Waals surface area contributed by atoms with Gasteiger partial charge in [-0.2, -0.15) is 5.10 Å². The van der Waals surface area contributed by atoms with Gasteiger partial charge < -0.3 is 9.73 Å². The van der Waals surface area contributed by atoms with E-state index in [0.717, 1.165) is 15.9 Å². The first kappa shape index (κ1) is 11.9. The van der Waals surface area contributed by atoms with Crippen LogP contribution in [0, 0.1) is 6.92 Å². The number of nitrogens with one attached hydrogen (secondary N) is 1. The van der Waals surface area contributed by atoms with Crippen molar-refractivity contribution in [2.75, 3.05) is 0 Å². The van der Waals surface area contributed by atoms with Crippen molar-refractivity contribution >= 4 is 21.8 Å². The number of halogens is 1. The Morgan fingerprint density at radius 2 is 2.47 bits per heavy atom. The van der Waals surface area contributed by atoms with Crippen LogP contribution in [0.1, 0.15) is 11.5 Å². The third-order valence-electron chi connectivity index (χ3n) is 2.38. The van der Waals surface area contributed by atoms with E-state index in [9.17, 15) is 4.79 Å². The maximum atomic E-state index is 11.6. The number of hydrogen-bond donors (Lipinski definition) is 1. The van der Waals surface area contributed by atoms with Crippen LogP contribution >= 0.6 is 15.9 Å². The Kier molecular flexibility index (Phi) is 3.63. The van der Waals surface area contributed by atoms with E-state index in [1.54, 1.807) is 23.2 Å². The quantitative estimate of drug-likeness (QED) is 0.937. The van der Waals surface area contributed by atoms with Gasteiger partial charge in [-0.1, -0.05) is 0 Å². The largest absolute Gasteiger partial charge is 0.467 e. The topological polar surface area (TPSA) is 60.1 Å².